The van der Waals surface area contributed by atoms with Crippen molar-refractivity contribution in [3.8, 4) is 6.07 Å². The van der Waals surface area contributed by atoms with Gasteiger partial charge in [0, 0.05) is 24.1 Å². The zero-order valence-corrected chi connectivity index (χ0v) is 15.4. The lowest BCUT2D eigenvalue weighted by Crippen LogP contribution is -2.27. The molecule has 0 N–H and O–H groups in total. The first-order valence-electron chi connectivity index (χ1n) is 7.59. The van der Waals surface area contributed by atoms with E-state index in [4.69, 9.17) is 9.47 Å². The van der Waals surface area contributed by atoms with E-state index in [0.29, 0.717) is 10.8 Å². The predicted molar refractivity (Wildman–Crippen MR) is 92.2 cm³/mol. The van der Waals surface area contributed by atoms with Crippen LogP contribution in [0, 0.1) is 11.3 Å². The number of carbonyl (C=O) groups is 1. The van der Waals surface area contributed by atoms with Gasteiger partial charge in [-0.1, -0.05) is 6.07 Å². The molecule has 0 bridgehead atoms. The molecule has 0 fully saturated rings. The van der Waals surface area contributed by atoms with Crippen LogP contribution >= 0.6 is 0 Å². The van der Waals surface area contributed by atoms with Gasteiger partial charge in [0.1, 0.15) is 17.4 Å². The largest absolute Gasteiger partial charge is 0.443 e. The van der Waals surface area contributed by atoms with Gasteiger partial charge in [0.15, 0.2) is 9.84 Å². The highest BCUT2D eigenvalue weighted by molar-refractivity contribution is 7.91. The molecule has 134 valence electrons. The maximum atomic E-state index is 12.3. The second-order valence-corrected chi connectivity index (χ2v) is 8.61. The summed E-state index contributed by atoms with van der Waals surface area (Å²) < 4.78 is 35.7. The minimum absolute atomic E-state index is 0.0860. The minimum Gasteiger partial charge on any atom is -0.443 e. The monoisotopic (exact) mass is 364 g/mol. The summed E-state index contributed by atoms with van der Waals surface area (Å²) in [4.78, 5) is 12.4. The number of methoxy groups -OCH3 is 1. The quantitative estimate of drug-likeness (QED) is 0.827. The van der Waals surface area contributed by atoms with Crippen LogP contribution in [-0.2, 0) is 19.3 Å². The molecule has 2 aromatic rings. The molecule has 0 aliphatic carbocycles. The van der Waals surface area contributed by atoms with Crippen LogP contribution in [0.15, 0.2) is 29.3 Å². The highest BCUT2D eigenvalue weighted by Gasteiger charge is 2.23. The third kappa shape index (κ3) is 4.18. The minimum atomic E-state index is -3.51. The van der Waals surface area contributed by atoms with E-state index >= 15 is 0 Å². The topological polar surface area (TPSA) is 98.4 Å². The van der Waals surface area contributed by atoms with Gasteiger partial charge in [-0.15, -0.1) is 0 Å². The first-order valence-corrected chi connectivity index (χ1v) is 9.24. The second kappa shape index (κ2) is 6.86. The number of ether oxygens (including phenoxy) is 2. The molecule has 1 aromatic carbocycles. The lowest BCUT2D eigenvalue weighted by atomic mass is 10.2. The standard InChI is InChI=1S/C17H20N2O5S/c1-17(2,3)24-16(20)19-11-12-9-13(25(21,22)8-7-23-4)5-6-14(12)15(19)10-18/h5-6,9,11H,7-8H2,1-4H3. The van der Waals surface area contributed by atoms with Crippen LogP contribution in [0.25, 0.3) is 10.8 Å². The zero-order chi connectivity index (χ0) is 18.8. The molecule has 0 atom stereocenters. The molecule has 0 unspecified atom stereocenters. The Morgan fingerprint density at radius 2 is 2.00 bits per heavy atom. The van der Waals surface area contributed by atoms with E-state index in [-0.39, 0.29) is 22.9 Å². The number of carbonyl (C=O) groups excluding carboxylic acids is 1. The van der Waals surface area contributed by atoms with Crippen molar-refractivity contribution in [2.24, 2.45) is 0 Å². The van der Waals surface area contributed by atoms with Crippen molar-refractivity contribution in [3.63, 3.8) is 0 Å². The van der Waals surface area contributed by atoms with Gasteiger partial charge in [-0.2, -0.15) is 5.26 Å². The van der Waals surface area contributed by atoms with E-state index in [2.05, 4.69) is 0 Å². The Labute approximate surface area is 146 Å². The van der Waals surface area contributed by atoms with Crippen molar-refractivity contribution >= 4 is 26.7 Å². The fourth-order valence-corrected chi connectivity index (χ4v) is 3.47. The molecule has 1 heterocycles. The van der Waals surface area contributed by atoms with Gasteiger partial charge < -0.3 is 9.47 Å². The van der Waals surface area contributed by atoms with E-state index in [0.717, 1.165) is 4.57 Å². The predicted octanol–water partition coefficient (Wildman–Crippen LogP) is 2.72. The Hall–Kier alpha value is -2.37. The SMILES string of the molecule is COCCS(=O)(=O)c1ccc2c(C#N)n(C(=O)OC(C)(C)C)cc2c1. The average molecular weight is 364 g/mol. The van der Waals surface area contributed by atoms with E-state index < -0.39 is 21.5 Å². The molecular weight excluding hydrogens is 344 g/mol. The van der Waals surface area contributed by atoms with Gasteiger partial charge in [-0.3, -0.25) is 0 Å². The molecule has 0 amide bonds. The van der Waals surface area contributed by atoms with Crippen molar-refractivity contribution in [3.05, 3.63) is 30.1 Å². The molecule has 2 rings (SSSR count). The molecule has 0 saturated carbocycles. The van der Waals surface area contributed by atoms with Crippen LogP contribution in [0.1, 0.15) is 26.5 Å². The fraction of sp³-hybridized carbons (Fsp3) is 0.412. The normalized spacial score (nSPS) is 12.1. The molecule has 1 aromatic heterocycles. The number of fused-ring (bicyclic) bond motifs is 1. The number of nitrogens with zero attached hydrogens (tertiary/aromatic N) is 2. The molecule has 0 spiro atoms. The van der Waals surface area contributed by atoms with Crippen LogP contribution < -0.4 is 0 Å². The number of benzene rings is 1. The average Bonchev–Trinajstić information content (AvgIpc) is 2.89. The van der Waals surface area contributed by atoms with Gasteiger partial charge in [-0.25, -0.2) is 17.8 Å². The summed E-state index contributed by atoms with van der Waals surface area (Å²) in [5.41, 5.74) is -0.611. The third-order valence-electron chi connectivity index (χ3n) is 3.40. The molecule has 8 heteroatoms. The number of aromatic nitrogens is 1. The van der Waals surface area contributed by atoms with E-state index in [9.17, 15) is 18.5 Å². The maximum absolute atomic E-state index is 12.3. The number of nitriles is 1. The van der Waals surface area contributed by atoms with Gasteiger partial charge in [0.2, 0.25) is 0 Å². The van der Waals surface area contributed by atoms with Crippen molar-refractivity contribution in [2.75, 3.05) is 19.5 Å². The highest BCUT2D eigenvalue weighted by Crippen LogP contribution is 2.25. The maximum Gasteiger partial charge on any atom is 0.419 e. The van der Waals surface area contributed by atoms with Gasteiger partial charge in [-0.05, 0) is 32.9 Å². The summed E-state index contributed by atoms with van der Waals surface area (Å²) in [7, 11) is -2.08. The summed E-state index contributed by atoms with van der Waals surface area (Å²) in [5.74, 6) is -0.146. The van der Waals surface area contributed by atoms with Crippen molar-refractivity contribution < 1.29 is 22.7 Å². The summed E-state index contributed by atoms with van der Waals surface area (Å²) in [6.07, 6.45) is 0.723. The second-order valence-electron chi connectivity index (χ2n) is 6.50. The number of rotatable bonds is 4. The summed E-state index contributed by atoms with van der Waals surface area (Å²) >= 11 is 0. The molecule has 0 aliphatic rings. The first kappa shape index (κ1) is 19.0. The van der Waals surface area contributed by atoms with Gasteiger partial charge in [0.05, 0.1) is 17.3 Å². The molecular formula is C17H20N2O5S. The van der Waals surface area contributed by atoms with E-state index in [1.165, 1.54) is 31.5 Å². The van der Waals surface area contributed by atoms with Crippen LogP contribution in [0.4, 0.5) is 4.79 Å². The molecule has 0 radical (unpaired) electrons. The van der Waals surface area contributed by atoms with Crippen LogP contribution in [0.5, 0.6) is 0 Å². The van der Waals surface area contributed by atoms with Crippen LogP contribution in [-0.4, -0.2) is 44.1 Å². The smallest absolute Gasteiger partial charge is 0.419 e. The molecule has 0 saturated heterocycles. The van der Waals surface area contributed by atoms with E-state index in [1.807, 2.05) is 6.07 Å². The Balaban J connectivity index is 2.51. The van der Waals surface area contributed by atoms with Crippen LogP contribution in [0.3, 0.4) is 0 Å². The number of hydrogen-bond acceptors (Lipinski definition) is 6. The van der Waals surface area contributed by atoms with Crippen LogP contribution in [0.2, 0.25) is 0 Å². The Morgan fingerprint density at radius 1 is 1.32 bits per heavy atom. The molecule has 7 nitrogen and oxygen atoms in total. The Bertz CT molecular complexity index is 946. The lowest BCUT2D eigenvalue weighted by Gasteiger charge is -2.19. The lowest BCUT2D eigenvalue weighted by molar-refractivity contribution is 0.0536. The highest BCUT2D eigenvalue weighted by atomic mass is 32.2. The van der Waals surface area contributed by atoms with Gasteiger partial charge >= 0.3 is 6.09 Å². The summed E-state index contributed by atoms with van der Waals surface area (Å²) in [6.45, 7) is 5.25. The van der Waals surface area contributed by atoms with Crippen molar-refractivity contribution in [2.45, 2.75) is 31.3 Å². The van der Waals surface area contributed by atoms with Crippen molar-refractivity contribution in [1.29, 1.82) is 5.26 Å². The number of sulfone groups is 1. The Morgan fingerprint density at radius 3 is 2.56 bits per heavy atom. The molecule has 25 heavy (non-hydrogen) atoms. The Kier molecular flexibility index (Phi) is 5.20. The van der Waals surface area contributed by atoms with Gasteiger partial charge in [0.25, 0.3) is 0 Å². The van der Waals surface area contributed by atoms with E-state index in [1.54, 1.807) is 20.8 Å². The number of hydrogen-bond donors (Lipinski definition) is 0. The van der Waals surface area contributed by atoms with Crippen molar-refractivity contribution in [1.82, 2.24) is 4.57 Å². The zero-order valence-electron chi connectivity index (χ0n) is 14.6. The summed E-state index contributed by atoms with van der Waals surface area (Å²) in [6, 6.07) is 6.36. The summed E-state index contributed by atoms with van der Waals surface area (Å²) in [5, 5.41) is 10.3. The third-order valence-corrected chi connectivity index (χ3v) is 5.07. The first-order chi connectivity index (χ1) is 11.6. The fourth-order valence-electron chi connectivity index (χ4n) is 2.27. The molecule has 0 aliphatic heterocycles.